The summed E-state index contributed by atoms with van der Waals surface area (Å²) in [6, 6.07) is 1.57. The SMILES string of the molecule is CC(F)(N=[N+]=[N-])OC1C[C@H](n2ccc3c(N)ncnc32)O[C@@H]1COP(=O)(O)OP(=O)(O)OP(=O)(O)O. The van der Waals surface area contributed by atoms with Gasteiger partial charge in [-0.25, -0.2) is 28.1 Å². The molecule has 2 aromatic rings. The van der Waals surface area contributed by atoms with Crippen LogP contribution in [0.3, 0.4) is 0 Å². The van der Waals surface area contributed by atoms with Crippen molar-refractivity contribution in [1.29, 1.82) is 0 Å². The minimum atomic E-state index is -5.76. The molecule has 0 spiro atoms. The van der Waals surface area contributed by atoms with E-state index in [1.807, 2.05) is 0 Å². The minimum Gasteiger partial charge on any atom is -0.383 e. The highest BCUT2D eigenvalue weighted by Crippen LogP contribution is 2.66. The zero-order valence-electron chi connectivity index (χ0n) is 17.9. The molecule has 36 heavy (non-hydrogen) atoms. The van der Waals surface area contributed by atoms with Gasteiger partial charge in [0.25, 0.3) is 5.98 Å². The van der Waals surface area contributed by atoms with E-state index in [1.54, 1.807) is 6.07 Å². The molecule has 6 atom stereocenters. The van der Waals surface area contributed by atoms with Gasteiger partial charge in [-0.05, 0) is 16.7 Å². The normalized spacial score (nSPS) is 25.6. The van der Waals surface area contributed by atoms with E-state index < -0.39 is 54.5 Å². The second kappa shape index (κ2) is 10.4. The van der Waals surface area contributed by atoms with Crippen molar-refractivity contribution in [2.24, 2.45) is 5.11 Å². The van der Waals surface area contributed by atoms with Crippen molar-refractivity contribution in [3.05, 3.63) is 29.0 Å². The van der Waals surface area contributed by atoms with Crippen LogP contribution in [0.1, 0.15) is 19.6 Å². The first-order chi connectivity index (χ1) is 16.5. The number of alkyl halides is 1. The van der Waals surface area contributed by atoms with Gasteiger partial charge in [-0.15, -0.1) is 0 Å². The van der Waals surface area contributed by atoms with Crippen LogP contribution in [0.4, 0.5) is 10.2 Å². The highest BCUT2D eigenvalue weighted by molar-refractivity contribution is 7.66. The van der Waals surface area contributed by atoms with Crippen molar-refractivity contribution >= 4 is 40.3 Å². The van der Waals surface area contributed by atoms with Crippen LogP contribution in [-0.2, 0) is 36.3 Å². The Bertz CT molecular complexity index is 1310. The summed E-state index contributed by atoms with van der Waals surface area (Å²) >= 11 is 0. The number of fused-ring (bicyclic) bond motifs is 1. The molecule has 0 aromatic carbocycles. The number of rotatable bonds is 11. The molecule has 1 fully saturated rings. The van der Waals surface area contributed by atoms with E-state index in [9.17, 15) is 27.9 Å². The number of halogens is 1. The van der Waals surface area contributed by atoms with Crippen molar-refractivity contribution in [2.45, 2.75) is 37.8 Å². The molecule has 1 aliphatic heterocycles. The van der Waals surface area contributed by atoms with Crippen LogP contribution in [0, 0.1) is 0 Å². The van der Waals surface area contributed by atoms with Gasteiger partial charge in [-0.3, -0.25) is 4.52 Å². The molecular weight excluding hydrogens is 558 g/mol. The number of azide groups is 1. The smallest absolute Gasteiger partial charge is 0.383 e. The predicted molar refractivity (Wildman–Crippen MR) is 114 cm³/mol. The van der Waals surface area contributed by atoms with E-state index in [-0.39, 0.29) is 12.2 Å². The number of hydrogen-bond acceptors (Lipinski definition) is 12. The maximum absolute atomic E-state index is 14.5. The fourth-order valence-electron chi connectivity index (χ4n) is 3.22. The Morgan fingerprint density at radius 1 is 1.31 bits per heavy atom. The highest BCUT2D eigenvalue weighted by Gasteiger charge is 2.45. The van der Waals surface area contributed by atoms with Crippen LogP contribution in [0.2, 0.25) is 0 Å². The molecule has 3 heterocycles. The quantitative estimate of drug-likeness (QED) is 0.0839. The molecule has 6 N–H and O–H groups in total. The van der Waals surface area contributed by atoms with Crippen molar-refractivity contribution in [2.75, 3.05) is 12.3 Å². The Morgan fingerprint density at radius 2 is 2.00 bits per heavy atom. The lowest BCUT2D eigenvalue weighted by Crippen LogP contribution is -2.35. The summed E-state index contributed by atoms with van der Waals surface area (Å²) in [4.78, 5) is 46.4. The number of aromatic nitrogens is 3. The summed E-state index contributed by atoms with van der Waals surface area (Å²) in [6.07, 6.45) is -1.05. The molecule has 19 nitrogen and oxygen atoms in total. The van der Waals surface area contributed by atoms with Crippen molar-refractivity contribution in [1.82, 2.24) is 14.5 Å². The zero-order valence-corrected chi connectivity index (χ0v) is 20.6. The number of phosphoric acid groups is 3. The van der Waals surface area contributed by atoms with Crippen LogP contribution in [0.25, 0.3) is 21.5 Å². The molecule has 4 unspecified atom stereocenters. The van der Waals surface area contributed by atoms with Crippen LogP contribution in [0.15, 0.2) is 23.7 Å². The molecule has 0 saturated carbocycles. The Kier molecular flexibility index (Phi) is 8.25. The highest BCUT2D eigenvalue weighted by atomic mass is 31.3. The first kappa shape index (κ1) is 28.6. The Labute approximate surface area is 200 Å². The van der Waals surface area contributed by atoms with Gasteiger partial charge in [0, 0.05) is 24.5 Å². The largest absolute Gasteiger partial charge is 0.490 e. The van der Waals surface area contributed by atoms with Crippen LogP contribution < -0.4 is 5.73 Å². The second-order valence-electron chi connectivity index (χ2n) is 7.19. The van der Waals surface area contributed by atoms with Gasteiger partial charge < -0.3 is 39.3 Å². The van der Waals surface area contributed by atoms with E-state index in [4.69, 9.17) is 30.5 Å². The van der Waals surface area contributed by atoms with E-state index >= 15 is 0 Å². The molecule has 1 saturated heterocycles. The third kappa shape index (κ3) is 7.50. The van der Waals surface area contributed by atoms with Gasteiger partial charge in [-0.2, -0.15) is 8.62 Å². The molecule has 0 aliphatic carbocycles. The second-order valence-corrected chi connectivity index (χ2v) is 11.6. The Hall–Kier alpha value is -2.01. The molecule has 0 amide bonds. The summed E-state index contributed by atoms with van der Waals surface area (Å²) in [5.41, 5.74) is 14.7. The van der Waals surface area contributed by atoms with Crippen LogP contribution in [-0.4, -0.2) is 58.9 Å². The number of nitrogens with zero attached hydrogens (tertiary/aromatic N) is 6. The summed E-state index contributed by atoms with van der Waals surface area (Å²) in [5, 5.41) is 3.32. The molecular formula is C13H19FN7O12P3. The summed E-state index contributed by atoms with van der Waals surface area (Å²) in [7, 11) is -16.8. The van der Waals surface area contributed by atoms with E-state index in [0.29, 0.717) is 11.0 Å². The third-order valence-electron chi connectivity index (χ3n) is 4.44. The maximum Gasteiger partial charge on any atom is 0.490 e. The maximum atomic E-state index is 14.5. The molecule has 200 valence electrons. The molecule has 1 aliphatic rings. The summed E-state index contributed by atoms with van der Waals surface area (Å²) < 4.78 is 73.0. The molecule has 23 heteroatoms. The first-order valence-electron chi connectivity index (χ1n) is 9.45. The number of nitrogens with two attached hydrogens (primary N) is 1. The Balaban J connectivity index is 1.80. The number of hydrogen-bond donors (Lipinski definition) is 5. The average molecular weight is 577 g/mol. The zero-order chi connectivity index (χ0) is 26.9. The fraction of sp³-hybridized carbons (Fsp3) is 0.538. The third-order valence-corrected chi connectivity index (χ3v) is 8.24. The summed E-state index contributed by atoms with van der Waals surface area (Å²) in [5.74, 6) is -2.72. The van der Waals surface area contributed by atoms with E-state index in [2.05, 4.69) is 33.1 Å². The Morgan fingerprint density at radius 3 is 2.64 bits per heavy atom. The fourth-order valence-corrected chi connectivity index (χ4v) is 6.25. The lowest BCUT2D eigenvalue weighted by atomic mass is 10.2. The molecule has 2 aromatic heterocycles. The lowest BCUT2D eigenvalue weighted by molar-refractivity contribution is -0.178. The minimum absolute atomic E-state index is 0.140. The van der Waals surface area contributed by atoms with Gasteiger partial charge in [0.2, 0.25) is 0 Å². The predicted octanol–water partition coefficient (Wildman–Crippen LogP) is 1.98. The van der Waals surface area contributed by atoms with Crippen molar-refractivity contribution in [3.8, 4) is 0 Å². The van der Waals surface area contributed by atoms with Crippen molar-refractivity contribution < 1.29 is 60.3 Å². The first-order valence-corrected chi connectivity index (χ1v) is 14.0. The number of ether oxygens (including phenoxy) is 2. The van der Waals surface area contributed by atoms with Gasteiger partial charge in [0.1, 0.15) is 30.1 Å². The van der Waals surface area contributed by atoms with Gasteiger partial charge in [0.05, 0.1) is 18.1 Å². The number of phosphoric ester groups is 1. The molecule has 0 bridgehead atoms. The summed E-state index contributed by atoms with van der Waals surface area (Å²) in [6.45, 7) is -0.147. The number of nitrogen functional groups attached to an aromatic ring is 1. The standard InChI is InChI=1S/C13H19FN7O12P3/c1-13(14,19-20-16)31-8-4-10(21-3-2-7-11(15)17-6-18-12(7)21)30-9(8)5-29-35(25,26)33-36(27,28)32-34(22,23)24/h2-3,6,8-10H,4-5H2,1H3,(H,25,26)(H,27,28)(H2,15,17,18)(H2,22,23,24)/t8?,9-,10-,13?/m1/s1. The van der Waals surface area contributed by atoms with Gasteiger partial charge in [0.15, 0.2) is 0 Å². The van der Waals surface area contributed by atoms with Gasteiger partial charge in [-0.1, -0.05) is 0 Å². The molecule has 0 radical (unpaired) electrons. The monoisotopic (exact) mass is 577 g/mol. The molecule has 3 rings (SSSR count). The van der Waals surface area contributed by atoms with Gasteiger partial charge >= 0.3 is 23.5 Å². The number of anilines is 1. The topological polar surface area (TPSA) is 284 Å². The lowest BCUT2D eigenvalue weighted by Gasteiger charge is -2.24. The van der Waals surface area contributed by atoms with E-state index in [1.165, 1.54) is 17.1 Å². The van der Waals surface area contributed by atoms with Crippen LogP contribution >= 0.6 is 23.5 Å². The van der Waals surface area contributed by atoms with Crippen LogP contribution in [0.5, 0.6) is 0 Å². The average Bonchev–Trinajstić information content (AvgIpc) is 3.28. The van der Waals surface area contributed by atoms with E-state index in [0.717, 1.165) is 6.92 Å². The van der Waals surface area contributed by atoms with Crippen molar-refractivity contribution in [3.63, 3.8) is 0 Å².